The number of carbonyl (C=O) groups is 1. The Hall–Kier alpha value is -2.01. The second-order valence-electron chi connectivity index (χ2n) is 4.12. The van der Waals surface area contributed by atoms with E-state index in [9.17, 15) is 15.0 Å². The van der Waals surface area contributed by atoms with E-state index in [4.69, 9.17) is 4.74 Å². The van der Waals surface area contributed by atoms with Crippen LogP contribution in [0.2, 0.25) is 0 Å². The van der Waals surface area contributed by atoms with Crippen molar-refractivity contribution < 1.29 is 19.7 Å². The van der Waals surface area contributed by atoms with Gasteiger partial charge in [0.1, 0.15) is 0 Å². The maximum absolute atomic E-state index is 11.3. The second kappa shape index (κ2) is 5.75. The maximum Gasteiger partial charge on any atom is 0.312 e. The van der Waals surface area contributed by atoms with Crippen LogP contribution in [0.3, 0.4) is 0 Å². The number of phenols is 1. The zero-order chi connectivity index (χ0) is 13.8. The number of thiophene rings is 1. The Morgan fingerprint density at radius 1 is 1.42 bits per heavy atom. The fraction of sp³-hybridized carbons (Fsp3) is 0.214. The third-order valence-corrected chi connectivity index (χ3v) is 3.85. The van der Waals surface area contributed by atoms with Crippen molar-refractivity contribution in [3.05, 3.63) is 46.2 Å². The number of rotatable bonds is 5. The average Bonchev–Trinajstić information content (AvgIpc) is 2.91. The predicted molar refractivity (Wildman–Crippen MR) is 73.1 cm³/mol. The van der Waals surface area contributed by atoms with Gasteiger partial charge < -0.3 is 14.9 Å². The lowest BCUT2D eigenvalue weighted by molar-refractivity contribution is -0.138. The summed E-state index contributed by atoms with van der Waals surface area (Å²) in [5, 5.41) is 20.7. The van der Waals surface area contributed by atoms with Crippen LogP contribution in [0.4, 0.5) is 0 Å². The Balaban J connectivity index is 2.25. The van der Waals surface area contributed by atoms with E-state index in [1.165, 1.54) is 24.5 Å². The van der Waals surface area contributed by atoms with E-state index in [0.29, 0.717) is 12.2 Å². The van der Waals surface area contributed by atoms with Gasteiger partial charge in [0.2, 0.25) is 0 Å². The highest BCUT2D eigenvalue weighted by Crippen LogP contribution is 2.30. The van der Waals surface area contributed by atoms with E-state index in [1.807, 2.05) is 17.5 Å². The average molecular weight is 278 g/mol. The fourth-order valence-electron chi connectivity index (χ4n) is 1.88. The Kier molecular flexibility index (Phi) is 4.06. The molecule has 1 heterocycles. The zero-order valence-corrected chi connectivity index (χ0v) is 11.2. The normalized spacial score (nSPS) is 12.1. The minimum atomic E-state index is -0.852. The molecule has 0 radical (unpaired) electrons. The lowest BCUT2D eigenvalue weighted by Crippen LogP contribution is -2.13. The topological polar surface area (TPSA) is 66.8 Å². The molecule has 0 aliphatic heterocycles. The third kappa shape index (κ3) is 3.06. The standard InChI is InChI=1S/C14H14O4S/c1-18-12-8-9(4-5-11(12)15)7-10(14(16)17)13-3-2-6-19-13/h2-6,8,10,15H,7H2,1H3,(H,16,17). The van der Waals surface area contributed by atoms with Crippen LogP contribution in [0, 0.1) is 0 Å². The number of carboxylic acids is 1. The molecule has 1 atom stereocenters. The number of methoxy groups -OCH3 is 1. The molecule has 19 heavy (non-hydrogen) atoms. The van der Waals surface area contributed by atoms with Crippen molar-refractivity contribution in [3.63, 3.8) is 0 Å². The first-order valence-corrected chi connectivity index (χ1v) is 6.62. The molecule has 100 valence electrons. The molecule has 1 unspecified atom stereocenters. The van der Waals surface area contributed by atoms with E-state index in [1.54, 1.807) is 12.1 Å². The Labute approximate surface area is 114 Å². The first kappa shape index (κ1) is 13.4. The summed E-state index contributed by atoms with van der Waals surface area (Å²) < 4.78 is 5.02. The number of carboxylic acid groups (broad SMARTS) is 1. The number of benzene rings is 1. The molecule has 0 saturated carbocycles. The minimum Gasteiger partial charge on any atom is -0.504 e. The van der Waals surface area contributed by atoms with Crippen molar-refractivity contribution in [2.45, 2.75) is 12.3 Å². The number of hydrogen-bond acceptors (Lipinski definition) is 4. The summed E-state index contributed by atoms with van der Waals surface area (Å²) in [6.07, 6.45) is 0.368. The molecule has 2 N–H and O–H groups in total. The first-order valence-electron chi connectivity index (χ1n) is 5.74. The van der Waals surface area contributed by atoms with Crippen molar-refractivity contribution in [2.24, 2.45) is 0 Å². The highest BCUT2D eigenvalue weighted by molar-refractivity contribution is 7.10. The maximum atomic E-state index is 11.3. The van der Waals surface area contributed by atoms with Gasteiger partial charge in [0, 0.05) is 4.88 Å². The fourth-order valence-corrected chi connectivity index (χ4v) is 2.70. The highest BCUT2D eigenvalue weighted by Gasteiger charge is 2.21. The van der Waals surface area contributed by atoms with Gasteiger partial charge in [-0.05, 0) is 35.6 Å². The van der Waals surface area contributed by atoms with Crippen molar-refractivity contribution in [1.82, 2.24) is 0 Å². The molecule has 0 aliphatic carbocycles. The van der Waals surface area contributed by atoms with E-state index < -0.39 is 11.9 Å². The highest BCUT2D eigenvalue weighted by atomic mass is 32.1. The number of hydrogen-bond donors (Lipinski definition) is 2. The van der Waals surface area contributed by atoms with Crippen LogP contribution in [0.1, 0.15) is 16.4 Å². The molecule has 4 nitrogen and oxygen atoms in total. The van der Waals surface area contributed by atoms with Gasteiger partial charge in [-0.2, -0.15) is 0 Å². The van der Waals surface area contributed by atoms with Crippen molar-refractivity contribution in [1.29, 1.82) is 0 Å². The molecule has 0 fully saturated rings. The van der Waals surface area contributed by atoms with Gasteiger partial charge in [0.05, 0.1) is 13.0 Å². The lowest BCUT2D eigenvalue weighted by Gasteiger charge is -2.12. The summed E-state index contributed by atoms with van der Waals surface area (Å²) in [4.78, 5) is 12.2. The smallest absolute Gasteiger partial charge is 0.312 e. The third-order valence-electron chi connectivity index (χ3n) is 2.87. The van der Waals surface area contributed by atoms with Gasteiger partial charge in [-0.15, -0.1) is 11.3 Å². The molecule has 0 aliphatic rings. The van der Waals surface area contributed by atoms with E-state index in [0.717, 1.165) is 10.4 Å². The van der Waals surface area contributed by atoms with Crippen LogP contribution < -0.4 is 4.74 Å². The van der Waals surface area contributed by atoms with Crippen LogP contribution in [0.15, 0.2) is 35.7 Å². The van der Waals surface area contributed by atoms with Crippen LogP contribution >= 0.6 is 11.3 Å². The summed E-state index contributed by atoms with van der Waals surface area (Å²) >= 11 is 1.43. The summed E-state index contributed by atoms with van der Waals surface area (Å²) in [5.41, 5.74) is 0.815. The number of ether oxygens (including phenoxy) is 1. The summed E-state index contributed by atoms with van der Waals surface area (Å²) in [6.45, 7) is 0. The molecular formula is C14H14O4S. The van der Waals surface area contributed by atoms with Crippen LogP contribution in [0.5, 0.6) is 11.5 Å². The van der Waals surface area contributed by atoms with Crippen LogP contribution in [-0.4, -0.2) is 23.3 Å². The van der Waals surface area contributed by atoms with Gasteiger partial charge in [-0.25, -0.2) is 0 Å². The van der Waals surface area contributed by atoms with E-state index >= 15 is 0 Å². The van der Waals surface area contributed by atoms with Crippen LogP contribution in [-0.2, 0) is 11.2 Å². The first-order chi connectivity index (χ1) is 9.11. The molecule has 0 bridgehead atoms. The van der Waals surface area contributed by atoms with Crippen molar-refractivity contribution >= 4 is 17.3 Å². The van der Waals surface area contributed by atoms with Gasteiger partial charge in [0.25, 0.3) is 0 Å². The Bertz CT molecular complexity index is 563. The van der Waals surface area contributed by atoms with Crippen molar-refractivity contribution in [2.75, 3.05) is 7.11 Å². The summed E-state index contributed by atoms with van der Waals surface area (Å²) in [6, 6.07) is 8.55. The van der Waals surface area contributed by atoms with E-state index in [2.05, 4.69) is 0 Å². The second-order valence-corrected chi connectivity index (χ2v) is 5.10. The molecule has 1 aromatic carbocycles. The quantitative estimate of drug-likeness (QED) is 0.882. The number of phenolic OH excluding ortho intramolecular Hbond substituents is 1. The largest absolute Gasteiger partial charge is 0.504 e. The molecule has 2 rings (SSSR count). The number of aromatic hydroxyl groups is 1. The summed E-state index contributed by atoms with van der Waals surface area (Å²) in [7, 11) is 1.47. The zero-order valence-electron chi connectivity index (χ0n) is 10.4. The Morgan fingerprint density at radius 3 is 2.79 bits per heavy atom. The monoisotopic (exact) mass is 278 g/mol. The van der Waals surface area contributed by atoms with Crippen LogP contribution in [0.25, 0.3) is 0 Å². The minimum absolute atomic E-state index is 0.0502. The molecule has 0 spiro atoms. The van der Waals surface area contributed by atoms with Gasteiger partial charge in [-0.1, -0.05) is 12.1 Å². The van der Waals surface area contributed by atoms with Gasteiger partial charge in [-0.3, -0.25) is 4.79 Å². The molecule has 2 aromatic rings. The predicted octanol–water partition coefficient (Wildman–Crippen LogP) is 2.87. The molecule has 5 heteroatoms. The molecule has 0 amide bonds. The SMILES string of the molecule is COc1cc(CC(C(=O)O)c2cccs2)ccc1O. The molecular weight excluding hydrogens is 264 g/mol. The lowest BCUT2D eigenvalue weighted by atomic mass is 9.97. The van der Waals surface area contributed by atoms with Crippen molar-refractivity contribution in [3.8, 4) is 11.5 Å². The molecule has 1 aromatic heterocycles. The van der Waals surface area contributed by atoms with Gasteiger partial charge in [0.15, 0.2) is 11.5 Å². The Morgan fingerprint density at radius 2 is 2.21 bits per heavy atom. The number of aliphatic carboxylic acids is 1. The van der Waals surface area contributed by atoms with E-state index in [-0.39, 0.29) is 5.75 Å². The van der Waals surface area contributed by atoms with Gasteiger partial charge >= 0.3 is 5.97 Å². The summed E-state index contributed by atoms with van der Waals surface area (Å²) in [5.74, 6) is -1.02. The molecule has 0 saturated heterocycles.